The molecule has 0 bridgehead atoms. The van der Waals surface area contributed by atoms with E-state index in [0.29, 0.717) is 11.8 Å². The van der Waals surface area contributed by atoms with E-state index in [0.717, 1.165) is 25.8 Å². The molecule has 0 rings (SSSR count). The fraction of sp³-hybridized carbons (Fsp3) is 0.929. The number of hydrogen-bond acceptors (Lipinski definition) is 4. The summed E-state index contributed by atoms with van der Waals surface area (Å²) in [5.74, 6) is 1.30. The Hall–Kier alpha value is -0.160. The lowest BCUT2D eigenvalue weighted by atomic mass is 10.1. The van der Waals surface area contributed by atoms with Crippen LogP contribution in [0.1, 0.15) is 60.3 Å². The lowest BCUT2D eigenvalue weighted by Gasteiger charge is -2.17. The van der Waals surface area contributed by atoms with Crippen LogP contribution in [0.4, 0.5) is 0 Å². The van der Waals surface area contributed by atoms with E-state index in [1.54, 1.807) is 0 Å². The summed E-state index contributed by atoms with van der Waals surface area (Å²) in [7, 11) is 0. The highest BCUT2D eigenvalue weighted by Crippen LogP contribution is 2.06. The number of rotatable bonds is 12. The second kappa shape index (κ2) is 11.9. The topological polar surface area (TPSA) is 42.5 Å². The van der Waals surface area contributed by atoms with E-state index in [1.807, 2.05) is 6.92 Å². The van der Waals surface area contributed by atoms with Crippen molar-refractivity contribution in [2.75, 3.05) is 13.2 Å². The molecule has 0 aliphatic rings. The van der Waals surface area contributed by atoms with Gasteiger partial charge in [-0.3, -0.25) is 9.68 Å². The Labute approximate surface area is 113 Å². The standard InChI is InChI=1S/C14H31N2O2/c1-6-8-13(4)11-18-16-14(5)15-17-10-9-12(3)7-2/h12-13,15-16H,6-11H2,1-5H3. The van der Waals surface area contributed by atoms with Gasteiger partial charge in [-0.1, -0.05) is 40.5 Å². The second-order valence-electron chi connectivity index (χ2n) is 5.18. The van der Waals surface area contributed by atoms with E-state index >= 15 is 0 Å². The first-order valence-corrected chi connectivity index (χ1v) is 7.19. The zero-order chi connectivity index (χ0) is 13.8. The van der Waals surface area contributed by atoms with Gasteiger partial charge in [-0.2, -0.15) is 11.0 Å². The van der Waals surface area contributed by atoms with Gasteiger partial charge in [-0.15, -0.1) is 0 Å². The van der Waals surface area contributed by atoms with Gasteiger partial charge in [0, 0.05) is 0 Å². The summed E-state index contributed by atoms with van der Waals surface area (Å²) < 4.78 is 0. The molecule has 0 aromatic heterocycles. The third-order valence-electron chi connectivity index (χ3n) is 3.01. The highest BCUT2D eigenvalue weighted by molar-refractivity contribution is 4.66. The molecule has 0 spiro atoms. The summed E-state index contributed by atoms with van der Waals surface area (Å²) >= 11 is 0. The first-order chi connectivity index (χ1) is 8.60. The minimum atomic E-state index is 0.585. The third-order valence-corrected chi connectivity index (χ3v) is 3.01. The van der Waals surface area contributed by atoms with E-state index in [2.05, 4.69) is 38.7 Å². The molecular weight excluding hydrogens is 228 g/mol. The first kappa shape index (κ1) is 17.8. The van der Waals surface area contributed by atoms with Crippen LogP contribution in [0.2, 0.25) is 0 Å². The SMILES string of the molecule is CCCC(C)CON[C](C)NOCCC(C)CC. The molecule has 1 radical (unpaired) electrons. The van der Waals surface area contributed by atoms with Crippen LogP contribution in [0.3, 0.4) is 0 Å². The molecular formula is C14H31N2O2. The molecule has 0 amide bonds. The van der Waals surface area contributed by atoms with Gasteiger partial charge in [0.25, 0.3) is 0 Å². The zero-order valence-corrected chi connectivity index (χ0v) is 12.7. The van der Waals surface area contributed by atoms with Crippen molar-refractivity contribution in [2.24, 2.45) is 11.8 Å². The van der Waals surface area contributed by atoms with Gasteiger partial charge in [0.2, 0.25) is 0 Å². The molecule has 2 atom stereocenters. The van der Waals surface area contributed by atoms with Crippen LogP contribution in [0.5, 0.6) is 0 Å². The molecule has 18 heavy (non-hydrogen) atoms. The predicted octanol–water partition coefficient (Wildman–Crippen LogP) is 3.41. The van der Waals surface area contributed by atoms with Crippen molar-refractivity contribution in [3.63, 3.8) is 0 Å². The lowest BCUT2D eigenvalue weighted by molar-refractivity contribution is -0.0305. The smallest absolute Gasteiger partial charge is 0.147 e. The Kier molecular flexibility index (Phi) is 11.8. The Balaban J connectivity index is 3.34. The van der Waals surface area contributed by atoms with Crippen molar-refractivity contribution in [1.82, 2.24) is 11.0 Å². The van der Waals surface area contributed by atoms with Gasteiger partial charge in [0.1, 0.15) is 6.17 Å². The van der Waals surface area contributed by atoms with E-state index in [-0.39, 0.29) is 0 Å². The summed E-state index contributed by atoms with van der Waals surface area (Å²) in [5, 5.41) is 0. The van der Waals surface area contributed by atoms with Gasteiger partial charge in [0.05, 0.1) is 13.2 Å². The van der Waals surface area contributed by atoms with Gasteiger partial charge >= 0.3 is 0 Å². The van der Waals surface area contributed by atoms with Gasteiger partial charge in [-0.25, -0.2) is 0 Å². The molecule has 0 fully saturated rings. The summed E-state index contributed by atoms with van der Waals surface area (Å²) in [4.78, 5) is 10.7. The molecule has 109 valence electrons. The highest BCUT2D eigenvalue weighted by Gasteiger charge is 2.05. The highest BCUT2D eigenvalue weighted by atomic mass is 16.7. The van der Waals surface area contributed by atoms with Crippen LogP contribution in [0, 0.1) is 18.0 Å². The third kappa shape index (κ3) is 11.0. The van der Waals surface area contributed by atoms with E-state index < -0.39 is 0 Å². The molecule has 0 heterocycles. The molecule has 0 aliphatic carbocycles. The maximum Gasteiger partial charge on any atom is 0.147 e. The Morgan fingerprint density at radius 3 is 2.28 bits per heavy atom. The van der Waals surface area contributed by atoms with Crippen LogP contribution < -0.4 is 11.0 Å². The minimum Gasteiger partial charge on any atom is -0.300 e. The van der Waals surface area contributed by atoms with Crippen molar-refractivity contribution in [1.29, 1.82) is 0 Å². The van der Waals surface area contributed by atoms with E-state index in [4.69, 9.17) is 9.68 Å². The fourth-order valence-electron chi connectivity index (χ4n) is 1.51. The summed E-state index contributed by atoms with van der Waals surface area (Å²) in [5.41, 5.74) is 5.70. The molecule has 0 aromatic rings. The average Bonchev–Trinajstić information content (AvgIpc) is 2.34. The number of nitrogens with one attached hydrogen (secondary N) is 2. The Bertz CT molecular complexity index is 179. The minimum absolute atomic E-state index is 0.585. The molecule has 0 aromatic carbocycles. The zero-order valence-electron chi connectivity index (χ0n) is 12.7. The summed E-state index contributed by atoms with van der Waals surface area (Å²) in [6.45, 7) is 12.1. The largest absolute Gasteiger partial charge is 0.300 e. The molecule has 4 nitrogen and oxygen atoms in total. The first-order valence-electron chi connectivity index (χ1n) is 7.19. The monoisotopic (exact) mass is 259 g/mol. The fourth-order valence-corrected chi connectivity index (χ4v) is 1.51. The molecule has 0 saturated carbocycles. The van der Waals surface area contributed by atoms with Crippen molar-refractivity contribution >= 4 is 0 Å². The maximum absolute atomic E-state index is 5.38. The van der Waals surface area contributed by atoms with Crippen molar-refractivity contribution in [2.45, 2.75) is 60.3 Å². The maximum atomic E-state index is 5.38. The second-order valence-corrected chi connectivity index (χ2v) is 5.18. The van der Waals surface area contributed by atoms with Gasteiger partial charge < -0.3 is 0 Å². The lowest BCUT2D eigenvalue weighted by Crippen LogP contribution is -2.33. The van der Waals surface area contributed by atoms with Crippen LogP contribution in [-0.2, 0) is 9.68 Å². The predicted molar refractivity (Wildman–Crippen MR) is 75.2 cm³/mol. The van der Waals surface area contributed by atoms with Crippen LogP contribution >= 0.6 is 0 Å². The van der Waals surface area contributed by atoms with Crippen LogP contribution in [0.25, 0.3) is 0 Å². The number of hydroxylamine groups is 2. The quantitative estimate of drug-likeness (QED) is 0.416. The van der Waals surface area contributed by atoms with Crippen LogP contribution in [0.15, 0.2) is 0 Å². The summed E-state index contributed by atoms with van der Waals surface area (Å²) in [6.07, 6.45) is 5.46. The average molecular weight is 259 g/mol. The molecule has 4 heteroatoms. The van der Waals surface area contributed by atoms with E-state index in [9.17, 15) is 0 Å². The van der Waals surface area contributed by atoms with Gasteiger partial charge in [0.15, 0.2) is 0 Å². The van der Waals surface area contributed by atoms with Crippen molar-refractivity contribution < 1.29 is 9.68 Å². The Morgan fingerprint density at radius 1 is 1.00 bits per heavy atom. The van der Waals surface area contributed by atoms with Gasteiger partial charge in [-0.05, 0) is 31.6 Å². The number of hydrogen-bond donors (Lipinski definition) is 2. The molecule has 0 saturated heterocycles. The van der Waals surface area contributed by atoms with Crippen molar-refractivity contribution in [3.05, 3.63) is 6.17 Å². The molecule has 0 aliphatic heterocycles. The Morgan fingerprint density at radius 2 is 1.67 bits per heavy atom. The molecule has 2 unspecified atom stereocenters. The summed E-state index contributed by atoms with van der Waals surface area (Å²) in [6, 6.07) is 0. The van der Waals surface area contributed by atoms with Crippen molar-refractivity contribution in [3.8, 4) is 0 Å². The van der Waals surface area contributed by atoms with Crippen LogP contribution in [-0.4, -0.2) is 13.2 Å². The van der Waals surface area contributed by atoms with E-state index in [1.165, 1.54) is 19.3 Å². The normalized spacial score (nSPS) is 15.0. The molecule has 2 N–H and O–H groups in total.